The maximum atomic E-state index is 6.20. The van der Waals surface area contributed by atoms with Crippen molar-refractivity contribution in [2.24, 2.45) is 5.73 Å². The quantitative estimate of drug-likeness (QED) is 0.930. The monoisotopic (exact) mass is 269 g/mol. The lowest BCUT2D eigenvalue weighted by Crippen LogP contribution is -2.12. The van der Waals surface area contributed by atoms with E-state index in [0.29, 0.717) is 5.02 Å². The minimum atomic E-state index is -0.316. The fraction of sp³-hybridized carbons (Fsp3) is 0.273. The van der Waals surface area contributed by atoms with Crippen LogP contribution in [0.3, 0.4) is 0 Å². The van der Waals surface area contributed by atoms with Crippen molar-refractivity contribution >= 4 is 23.1 Å². The van der Waals surface area contributed by atoms with E-state index in [0.717, 1.165) is 21.9 Å². The van der Waals surface area contributed by atoms with Gasteiger partial charge in [-0.1, -0.05) is 16.1 Å². The Morgan fingerprint density at radius 2 is 2.24 bits per heavy atom. The molecule has 0 bridgehead atoms. The summed E-state index contributed by atoms with van der Waals surface area (Å²) in [6.45, 7) is 1.88. The Labute approximate surface area is 109 Å². The number of ether oxygens (including phenoxy) is 1. The van der Waals surface area contributed by atoms with Crippen LogP contribution in [0.5, 0.6) is 5.75 Å². The second-order valence-corrected chi connectivity index (χ2v) is 4.81. The Bertz CT molecular complexity index is 529. The van der Waals surface area contributed by atoms with Crippen LogP contribution < -0.4 is 10.5 Å². The van der Waals surface area contributed by atoms with Crippen LogP contribution in [0.15, 0.2) is 18.2 Å². The molecule has 17 heavy (non-hydrogen) atoms. The molecule has 0 spiro atoms. The average Bonchev–Trinajstić information content (AvgIpc) is 2.74. The van der Waals surface area contributed by atoms with E-state index in [-0.39, 0.29) is 6.04 Å². The Balaban J connectivity index is 2.46. The van der Waals surface area contributed by atoms with E-state index in [9.17, 15) is 0 Å². The van der Waals surface area contributed by atoms with Gasteiger partial charge in [0.25, 0.3) is 0 Å². The van der Waals surface area contributed by atoms with E-state index in [1.54, 1.807) is 19.2 Å². The second-order valence-electron chi connectivity index (χ2n) is 3.59. The highest BCUT2D eigenvalue weighted by atomic mass is 35.5. The molecular weight excluding hydrogens is 258 g/mol. The van der Waals surface area contributed by atoms with Crippen LogP contribution in [0.1, 0.15) is 22.2 Å². The van der Waals surface area contributed by atoms with E-state index in [1.807, 2.05) is 13.0 Å². The Morgan fingerprint density at radius 3 is 2.82 bits per heavy atom. The van der Waals surface area contributed by atoms with Crippen LogP contribution in [0.2, 0.25) is 5.02 Å². The highest BCUT2D eigenvalue weighted by Gasteiger charge is 2.19. The summed E-state index contributed by atoms with van der Waals surface area (Å²) < 4.78 is 9.17. The molecule has 0 aliphatic rings. The zero-order valence-electron chi connectivity index (χ0n) is 9.48. The van der Waals surface area contributed by atoms with Crippen molar-refractivity contribution < 1.29 is 4.74 Å². The molecule has 0 aliphatic heterocycles. The first-order valence-electron chi connectivity index (χ1n) is 5.01. The predicted molar refractivity (Wildman–Crippen MR) is 68.7 cm³/mol. The van der Waals surface area contributed by atoms with Crippen LogP contribution in [0, 0.1) is 6.92 Å². The smallest absolute Gasteiger partial charge is 0.124 e. The molecule has 1 unspecified atom stereocenters. The number of hydrogen-bond donors (Lipinski definition) is 1. The number of methoxy groups -OCH3 is 1. The summed E-state index contributed by atoms with van der Waals surface area (Å²) in [5, 5.41) is 4.59. The number of halogens is 1. The first-order valence-corrected chi connectivity index (χ1v) is 6.16. The molecule has 6 heteroatoms. The van der Waals surface area contributed by atoms with E-state index in [1.165, 1.54) is 11.5 Å². The second kappa shape index (κ2) is 5.00. The van der Waals surface area contributed by atoms with Gasteiger partial charge >= 0.3 is 0 Å². The number of benzene rings is 1. The highest BCUT2D eigenvalue weighted by molar-refractivity contribution is 7.05. The molecule has 0 saturated carbocycles. The zero-order valence-corrected chi connectivity index (χ0v) is 11.0. The first-order chi connectivity index (χ1) is 8.13. The van der Waals surface area contributed by atoms with Gasteiger partial charge in [0.15, 0.2) is 0 Å². The summed E-state index contributed by atoms with van der Waals surface area (Å²) in [6, 6.07) is 5.07. The van der Waals surface area contributed by atoms with Crippen LogP contribution >= 0.6 is 23.1 Å². The number of nitrogens with two attached hydrogens (primary N) is 1. The maximum Gasteiger partial charge on any atom is 0.124 e. The lowest BCUT2D eigenvalue weighted by atomic mass is 10.0. The lowest BCUT2D eigenvalue weighted by Gasteiger charge is -2.14. The van der Waals surface area contributed by atoms with Gasteiger partial charge in [0.05, 0.1) is 23.7 Å². The normalized spacial score (nSPS) is 12.5. The van der Waals surface area contributed by atoms with Crippen molar-refractivity contribution in [1.82, 2.24) is 9.59 Å². The van der Waals surface area contributed by atoms with Gasteiger partial charge in [-0.15, -0.1) is 5.10 Å². The minimum Gasteiger partial charge on any atom is -0.496 e. The Morgan fingerprint density at radius 1 is 1.47 bits per heavy atom. The van der Waals surface area contributed by atoms with Crippen molar-refractivity contribution in [3.05, 3.63) is 39.4 Å². The number of rotatable bonds is 3. The molecule has 1 aromatic heterocycles. The first kappa shape index (κ1) is 12.3. The average molecular weight is 270 g/mol. The number of aromatic nitrogens is 2. The standard InChI is InChI=1S/C11H12ClN3OS/c1-6-11(17-15-14-6)10(13)8-5-7(12)3-4-9(8)16-2/h3-5,10H,13H2,1-2H3. The van der Waals surface area contributed by atoms with Crippen LogP contribution in [0.25, 0.3) is 0 Å². The molecule has 2 N–H and O–H groups in total. The van der Waals surface area contributed by atoms with Crippen LogP contribution in [-0.2, 0) is 0 Å². The molecule has 0 amide bonds. The summed E-state index contributed by atoms with van der Waals surface area (Å²) in [5.74, 6) is 0.717. The molecule has 0 fully saturated rings. The molecule has 1 heterocycles. The van der Waals surface area contributed by atoms with Crippen molar-refractivity contribution in [2.75, 3.05) is 7.11 Å². The fourth-order valence-corrected chi connectivity index (χ4v) is 2.46. The van der Waals surface area contributed by atoms with E-state index < -0.39 is 0 Å². The third kappa shape index (κ3) is 2.41. The molecule has 0 radical (unpaired) electrons. The lowest BCUT2D eigenvalue weighted by molar-refractivity contribution is 0.408. The maximum absolute atomic E-state index is 6.20. The number of aryl methyl sites for hydroxylation is 1. The molecule has 2 rings (SSSR count). The zero-order chi connectivity index (χ0) is 12.4. The van der Waals surface area contributed by atoms with E-state index in [2.05, 4.69) is 9.59 Å². The molecule has 1 aromatic carbocycles. The van der Waals surface area contributed by atoms with Gasteiger partial charge in [-0.2, -0.15) is 0 Å². The molecule has 2 aromatic rings. The third-order valence-electron chi connectivity index (χ3n) is 2.50. The summed E-state index contributed by atoms with van der Waals surface area (Å²) in [6.07, 6.45) is 0. The van der Waals surface area contributed by atoms with E-state index in [4.69, 9.17) is 22.1 Å². The fourth-order valence-electron chi connectivity index (χ4n) is 1.61. The highest BCUT2D eigenvalue weighted by Crippen LogP contribution is 2.32. The van der Waals surface area contributed by atoms with Gasteiger partial charge in [0, 0.05) is 10.6 Å². The third-order valence-corrected chi connectivity index (χ3v) is 3.64. The van der Waals surface area contributed by atoms with Gasteiger partial charge in [-0.3, -0.25) is 0 Å². The predicted octanol–water partition coefficient (Wildman–Crippen LogP) is 2.56. The number of nitrogens with zero attached hydrogens (tertiary/aromatic N) is 2. The van der Waals surface area contributed by atoms with Crippen LogP contribution in [-0.4, -0.2) is 16.7 Å². The van der Waals surface area contributed by atoms with Crippen LogP contribution in [0.4, 0.5) is 0 Å². The summed E-state index contributed by atoms with van der Waals surface area (Å²) in [4.78, 5) is 0.922. The molecule has 90 valence electrons. The minimum absolute atomic E-state index is 0.316. The summed E-state index contributed by atoms with van der Waals surface area (Å²) in [5.41, 5.74) is 7.88. The van der Waals surface area contributed by atoms with Crippen molar-refractivity contribution in [3.8, 4) is 5.75 Å². The summed E-state index contributed by atoms with van der Waals surface area (Å²) >= 11 is 7.27. The van der Waals surface area contributed by atoms with Gasteiger partial charge in [0.1, 0.15) is 5.75 Å². The molecule has 0 aliphatic carbocycles. The molecule has 1 atom stereocenters. The summed E-state index contributed by atoms with van der Waals surface area (Å²) in [7, 11) is 1.61. The Hall–Kier alpha value is -1.17. The molecular formula is C11H12ClN3OS. The topological polar surface area (TPSA) is 61.0 Å². The van der Waals surface area contributed by atoms with E-state index >= 15 is 0 Å². The molecule has 4 nitrogen and oxygen atoms in total. The van der Waals surface area contributed by atoms with Gasteiger partial charge in [0.2, 0.25) is 0 Å². The van der Waals surface area contributed by atoms with Gasteiger partial charge in [-0.25, -0.2) is 0 Å². The van der Waals surface area contributed by atoms with Gasteiger partial charge in [-0.05, 0) is 36.7 Å². The Kier molecular flexibility index (Phi) is 3.61. The largest absolute Gasteiger partial charge is 0.496 e. The SMILES string of the molecule is COc1ccc(Cl)cc1C(N)c1snnc1C. The van der Waals surface area contributed by atoms with Gasteiger partial charge < -0.3 is 10.5 Å². The van der Waals surface area contributed by atoms with Crippen molar-refractivity contribution in [2.45, 2.75) is 13.0 Å². The van der Waals surface area contributed by atoms with Crippen molar-refractivity contribution in [3.63, 3.8) is 0 Å². The van der Waals surface area contributed by atoms with Crippen molar-refractivity contribution in [1.29, 1.82) is 0 Å². The molecule has 0 saturated heterocycles. The number of hydrogen-bond acceptors (Lipinski definition) is 5.